The van der Waals surface area contributed by atoms with Gasteiger partial charge < -0.3 is 35.1 Å². The number of phenolic OH excluding ortho intramolecular Hbond substituents is 1. The predicted octanol–water partition coefficient (Wildman–Crippen LogP) is 4.39. The van der Waals surface area contributed by atoms with Crippen molar-refractivity contribution in [1.29, 1.82) is 0 Å². The average molecular weight is 679 g/mol. The molecule has 0 radical (unpaired) electrons. The molecule has 1 atom stereocenters. The van der Waals surface area contributed by atoms with E-state index in [-0.39, 0.29) is 40.9 Å². The van der Waals surface area contributed by atoms with E-state index in [0.29, 0.717) is 23.1 Å². The molecule has 4 N–H and O–H groups in total. The molecule has 1 fully saturated rings. The van der Waals surface area contributed by atoms with Gasteiger partial charge in [-0.25, -0.2) is 8.42 Å². The fraction of sp³-hybridized carbons (Fsp3) is 0.485. The van der Waals surface area contributed by atoms with Gasteiger partial charge in [-0.05, 0) is 49.1 Å². The zero-order valence-corrected chi connectivity index (χ0v) is 27.6. The lowest BCUT2D eigenvalue weighted by molar-refractivity contribution is -0.140. The van der Waals surface area contributed by atoms with E-state index < -0.39 is 46.2 Å². The minimum Gasteiger partial charge on any atom is -0.505 e. The predicted molar refractivity (Wildman–Crippen MR) is 174 cm³/mol. The maximum atomic E-state index is 13.8. The molecule has 2 aromatic carbocycles. The van der Waals surface area contributed by atoms with Crippen LogP contribution in [-0.2, 0) is 32.3 Å². The molecular weight excluding hydrogens is 637 g/mol. The molecule has 1 amide bonds. The molecule has 1 unspecified atom stereocenters. The Morgan fingerprint density at radius 3 is 2.47 bits per heavy atom. The molecule has 0 bridgehead atoms. The first kappa shape index (κ1) is 36.1. The number of sulfone groups is 1. The highest BCUT2D eigenvalue weighted by molar-refractivity contribution is 7.90. The normalized spacial score (nSPS) is 15.4. The minimum atomic E-state index is -4.54. The number of benzene rings is 2. The van der Waals surface area contributed by atoms with Crippen molar-refractivity contribution in [2.24, 2.45) is 5.92 Å². The van der Waals surface area contributed by atoms with Gasteiger partial charge in [-0.1, -0.05) is 25.8 Å². The van der Waals surface area contributed by atoms with E-state index in [4.69, 9.17) is 4.74 Å². The number of likely N-dealkylation sites (tertiary alicyclic amines) is 1. The summed E-state index contributed by atoms with van der Waals surface area (Å²) in [5.74, 6) is 4.26. The van der Waals surface area contributed by atoms with E-state index in [0.717, 1.165) is 36.8 Å². The quantitative estimate of drug-likeness (QED) is 0.174. The number of aliphatic hydroxyl groups is 1. The number of alkyl halides is 3. The van der Waals surface area contributed by atoms with Crippen LogP contribution in [0.1, 0.15) is 37.9 Å². The number of aromatic nitrogens is 1. The Morgan fingerprint density at radius 1 is 1.15 bits per heavy atom. The number of phenols is 1. The van der Waals surface area contributed by atoms with E-state index in [9.17, 15) is 36.6 Å². The summed E-state index contributed by atoms with van der Waals surface area (Å²) < 4.78 is 72.3. The number of hydrogen-bond acceptors (Lipinski definition) is 8. The molecular formula is C33H41F3N4O6S. The van der Waals surface area contributed by atoms with Gasteiger partial charge in [0.1, 0.15) is 12.3 Å². The number of carbonyl (C=O) groups excluding carboxylic acids is 1. The first-order valence-corrected chi connectivity index (χ1v) is 17.2. The zero-order chi connectivity index (χ0) is 34.5. The molecule has 1 aromatic heterocycles. The van der Waals surface area contributed by atoms with Crippen LogP contribution in [0.4, 0.5) is 24.5 Å². The van der Waals surface area contributed by atoms with Gasteiger partial charge in [-0.15, -0.1) is 0 Å². The van der Waals surface area contributed by atoms with E-state index in [1.807, 2.05) is 0 Å². The molecule has 2 heterocycles. The third-order valence-corrected chi connectivity index (χ3v) is 9.14. The lowest BCUT2D eigenvalue weighted by Crippen LogP contribution is -2.43. The molecule has 0 aliphatic carbocycles. The summed E-state index contributed by atoms with van der Waals surface area (Å²) in [6, 6.07) is 9.25. The van der Waals surface area contributed by atoms with Gasteiger partial charge in [0, 0.05) is 68.0 Å². The number of fused-ring (bicyclic) bond motifs is 1. The number of aromatic hydroxyl groups is 1. The summed E-state index contributed by atoms with van der Waals surface area (Å²) in [5, 5.41) is 27.6. The third-order valence-electron chi connectivity index (χ3n) is 7.96. The largest absolute Gasteiger partial charge is 0.505 e. The van der Waals surface area contributed by atoms with Crippen LogP contribution in [0, 0.1) is 17.8 Å². The number of anilines is 2. The second-order valence-corrected chi connectivity index (χ2v) is 14.1. The Kier molecular flexibility index (Phi) is 11.5. The van der Waals surface area contributed by atoms with Gasteiger partial charge >= 0.3 is 6.18 Å². The smallest absolute Gasteiger partial charge is 0.406 e. The molecule has 256 valence electrons. The van der Waals surface area contributed by atoms with Crippen molar-refractivity contribution in [2.75, 3.05) is 50.2 Å². The standard InChI is InChI=1S/C33H41F3N4O6S/c1-21(2)32(43)38-28-11-12-30(47(4,44)45)25(31(28)42)8-5-7-23-17-26-27(9-6-10-29(26)40(23)20-33(34,35)36)37-22-13-15-39(16-14-22)18-24(41)19-46-3/h6,9-12,17,21-22,24,37,41-42H,8,13-16,18-20H2,1-4H3,(H,38,43). The summed E-state index contributed by atoms with van der Waals surface area (Å²) in [6.07, 6.45) is -2.92. The number of carbonyl (C=O) groups is 1. The second-order valence-electron chi connectivity index (χ2n) is 12.1. The molecule has 0 spiro atoms. The van der Waals surface area contributed by atoms with Crippen LogP contribution in [0.2, 0.25) is 0 Å². The molecule has 3 aromatic rings. The number of piperidine rings is 1. The Hall–Kier alpha value is -3.77. The number of nitrogens with one attached hydrogen (secondary N) is 2. The van der Waals surface area contributed by atoms with E-state index in [2.05, 4.69) is 27.4 Å². The Balaban J connectivity index is 1.64. The van der Waals surface area contributed by atoms with E-state index in [1.54, 1.807) is 38.1 Å². The van der Waals surface area contributed by atoms with E-state index >= 15 is 0 Å². The van der Waals surface area contributed by atoms with Crippen LogP contribution < -0.4 is 10.6 Å². The van der Waals surface area contributed by atoms with Gasteiger partial charge in [-0.2, -0.15) is 13.2 Å². The highest BCUT2D eigenvalue weighted by Crippen LogP contribution is 2.34. The maximum absolute atomic E-state index is 13.8. The SMILES string of the molecule is COCC(O)CN1CCC(Nc2cccc3c2cc(C#CCc2c(S(C)(=O)=O)ccc(NC(=O)C(C)C)c2O)n3CC(F)(F)F)CC1. The topological polar surface area (TPSA) is 133 Å². The average Bonchev–Trinajstić information content (AvgIpc) is 3.31. The maximum Gasteiger partial charge on any atom is 0.406 e. The van der Waals surface area contributed by atoms with Gasteiger partial charge in [0.25, 0.3) is 0 Å². The van der Waals surface area contributed by atoms with Crippen LogP contribution >= 0.6 is 0 Å². The molecule has 1 aliphatic heterocycles. The molecule has 1 saturated heterocycles. The Bertz CT molecular complexity index is 1750. The highest BCUT2D eigenvalue weighted by atomic mass is 32.2. The van der Waals surface area contributed by atoms with Gasteiger partial charge in [-0.3, -0.25) is 4.79 Å². The van der Waals surface area contributed by atoms with Crippen molar-refractivity contribution < 1.29 is 41.3 Å². The van der Waals surface area contributed by atoms with Crippen LogP contribution in [0.3, 0.4) is 0 Å². The van der Waals surface area contributed by atoms with Crippen molar-refractivity contribution in [1.82, 2.24) is 9.47 Å². The summed E-state index contributed by atoms with van der Waals surface area (Å²) in [6.45, 7) is 4.26. The number of β-amino-alcohol motifs (C(OH)–C–C–N with tert-alkyl or cyclic N) is 1. The van der Waals surface area contributed by atoms with Gasteiger partial charge in [0.15, 0.2) is 9.84 Å². The van der Waals surface area contributed by atoms with Crippen molar-refractivity contribution in [3.05, 3.63) is 47.7 Å². The monoisotopic (exact) mass is 678 g/mol. The molecule has 4 rings (SSSR count). The number of aliphatic hydroxyl groups excluding tert-OH is 1. The van der Waals surface area contributed by atoms with Gasteiger partial charge in [0.2, 0.25) is 5.91 Å². The lowest BCUT2D eigenvalue weighted by Gasteiger charge is -2.34. The number of rotatable bonds is 11. The van der Waals surface area contributed by atoms with Crippen LogP contribution in [0.5, 0.6) is 5.75 Å². The van der Waals surface area contributed by atoms with E-state index in [1.165, 1.54) is 19.2 Å². The number of nitrogens with zero attached hydrogens (tertiary/aromatic N) is 2. The Morgan fingerprint density at radius 2 is 1.85 bits per heavy atom. The summed E-state index contributed by atoms with van der Waals surface area (Å²) in [4.78, 5) is 14.2. The molecule has 10 nitrogen and oxygen atoms in total. The molecule has 0 saturated carbocycles. The first-order valence-electron chi connectivity index (χ1n) is 15.3. The second kappa shape index (κ2) is 15.0. The van der Waals surface area contributed by atoms with Crippen LogP contribution in [-0.4, -0.2) is 91.9 Å². The van der Waals surface area contributed by atoms with Crippen molar-refractivity contribution in [3.63, 3.8) is 0 Å². The third kappa shape index (κ3) is 9.41. The van der Waals surface area contributed by atoms with Crippen molar-refractivity contribution in [2.45, 2.75) is 62.9 Å². The van der Waals surface area contributed by atoms with Crippen LogP contribution in [0.15, 0.2) is 41.3 Å². The fourth-order valence-corrected chi connectivity index (χ4v) is 6.56. The summed E-state index contributed by atoms with van der Waals surface area (Å²) in [5.41, 5.74) is 0.998. The van der Waals surface area contributed by atoms with Crippen LogP contribution in [0.25, 0.3) is 10.9 Å². The Labute approximate surface area is 272 Å². The number of amides is 1. The van der Waals surface area contributed by atoms with Gasteiger partial charge in [0.05, 0.1) is 34.5 Å². The minimum absolute atomic E-state index is 0.00629. The molecule has 47 heavy (non-hydrogen) atoms. The fourth-order valence-electron chi connectivity index (χ4n) is 5.62. The molecule has 1 aliphatic rings. The number of hydrogen-bond donors (Lipinski definition) is 4. The van der Waals surface area contributed by atoms with Crippen molar-refractivity contribution >= 4 is 38.0 Å². The highest BCUT2D eigenvalue weighted by Gasteiger charge is 2.30. The lowest BCUT2D eigenvalue weighted by atomic mass is 10.0. The van der Waals surface area contributed by atoms with Crippen molar-refractivity contribution in [3.8, 4) is 17.6 Å². The molecule has 14 heteroatoms. The first-order chi connectivity index (χ1) is 22.1. The number of ether oxygens (including phenoxy) is 1. The summed E-state index contributed by atoms with van der Waals surface area (Å²) >= 11 is 0. The zero-order valence-electron chi connectivity index (χ0n) is 26.8. The number of methoxy groups -OCH3 is 1. The summed E-state index contributed by atoms with van der Waals surface area (Å²) in [7, 11) is -2.29. The number of halogens is 3.